The molecule has 1 aliphatic rings. The van der Waals surface area contributed by atoms with Crippen molar-refractivity contribution >= 4 is 38.5 Å². The molecule has 6 nitrogen and oxygen atoms in total. The zero-order chi connectivity index (χ0) is 27.6. The lowest BCUT2D eigenvalue weighted by atomic mass is 9.91. The zero-order valence-corrected chi connectivity index (χ0v) is 23.3. The molecule has 5 aromatic rings. The maximum absolute atomic E-state index is 14.0. The molecule has 0 bridgehead atoms. The average Bonchev–Trinajstić information content (AvgIpc) is 3.44. The number of fused-ring (bicyclic) bond motifs is 1. The molecule has 198 valence electrons. The summed E-state index contributed by atoms with van der Waals surface area (Å²) in [6, 6.07) is 34.4. The molecule has 2 atom stereocenters. The number of ether oxygens (including phenoxy) is 1. The number of halogens is 1. The van der Waals surface area contributed by atoms with Gasteiger partial charge < -0.3 is 9.72 Å². The Hall–Kier alpha value is -4.33. The van der Waals surface area contributed by atoms with Gasteiger partial charge in [0.25, 0.3) is 11.5 Å². The fourth-order valence-corrected chi connectivity index (χ4v) is 5.73. The number of benzene rings is 4. The largest absolute Gasteiger partial charge is 0.367 e. The van der Waals surface area contributed by atoms with E-state index in [9.17, 15) is 9.59 Å². The maximum atomic E-state index is 14.0. The van der Waals surface area contributed by atoms with E-state index in [1.165, 1.54) is 12.1 Å². The minimum atomic E-state index is -0.838. The van der Waals surface area contributed by atoms with Crippen molar-refractivity contribution in [1.82, 2.24) is 9.99 Å². The Morgan fingerprint density at radius 3 is 2.25 bits per heavy atom. The molecule has 1 aliphatic heterocycles. The van der Waals surface area contributed by atoms with Crippen LogP contribution in [-0.4, -0.2) is 28.7 Å². The summed E-state index contributed by atoms with van der Waals surface area (Å²) in [7, 11) is 1.52. The zero-order valence-electron chi connectivity index (χ0n) is 21.8. The van der Waals surface area contributed by atoms with Gasteiger partial charge in [0, 0.05) is 34.5 Å². The number of nitrogens with one attached hydrogen (secondary N) is 1. The van der Waals surface area contributed by atoms with Crippen molar-refractivity contribution in [2.45, 2.75) is 18.6 Å². The van der Waals surface area contributed by atoms with Crippen LogP contribution in [0.5, 0.6) is 0 Å². The Morgan fingerprint density at radius 1 is 0.925 bits per heavy atom. The molecule has 0 spiro atoms. The van der Waals surface area contributed by atoms with E-state index in [0.29, 0.717) is 17.7 Å². The Bertz CT molecular complexity index is 1770. The first-order chi connectivity index (χ1) is 19.5. The van der Waals surface area contributed by atoms with Crippen LogP contribution < -0.4 is 5.56 Å². The molecule has 0 radical (unpaired) electrons. The summed E-state index contributed by atoms with van der Waals surface area (Å²) in [6.45, 7) is 0. The number of H-pyrrole nitrogens is 1. The van der Waals surface area contributed by atoms with Gasteiger partial charge in [-0.1, -0.05) is 107 Å². The number of hydrazone groups is 1. The number of aromatic amines is 1. The molecular weight excluding hydrogens is 566 g/mol. The summed E-state index contributed by atoms with van der Waals surface area (Å²) < 4.78 is 6.59. The molecule has 7 heteroatoms. The van der Waals surface area contributed by atoms with E-state index >= 15 is 0 Å². The molecule has 0 unspecified atom stereocenters. The second-order valence-electron chi connectivity index (χ2n) is 9.65. The van der Waals surface area contributed by atoms with Crippen LogP contribution in [0.4, 0.5) is 0 Å². The molecule has 0 saturated heterocycles. The lowest BCUT2D eigenvalue weighted by molar-refractivity contribution is -0.144. The number of nitrogens with zero attached hydrogens (tertiary/aromatic N) is 2. The van der Waals surface area contributed by atoms with Crippen LogP contribution in [0.15, 0.2) is 124 Å². The number of hydrogen-bond donors (Lipinski definition) is 1. The highest BCUT2D eigenvalue weighted by atomic mass is 79.9. The SMILES string of the molecule is CO[C@H](C(=O)N1N=C(c2c(-c3ccccc3)c3cc(Br)ccc3[nH]c2=O)C[C@H]1c1ccccc1)c1ccccc1. The van der Waals surface area contributed by atoms with E-state index in [-0.39, 0.29) is 11.5 Å². The summed E-state index contributed by atoms with van der Waals surface area (Å²) in [6.07, 6.45) is -0.460. The van der Waals surface area contributed by atoms with Crippen LogP contribution in [0.3, 0.4) is 0 Å². The van der Waals surface area contributed by atoms with E-state index in [1.807, 2.05) is 109 Å². The summed E-state index contributed by atoms with van der Waals surface area (Å²) in [4.78, 5) is 30.8. The third kappa shape index (κ3) is 4.78. The molecular formula is C33H26BrN3O3. The third-order valence-electron chi connectivity index (χ3n) is 7.21. The van der Waals surface area contributed by atoms with Crippen molar-refractivity contribution in [3.63, 3.8) is 0 Å². The monoisotopic (exact) mass is 591 g/mol. The molecule has 2 heterocycles. The molecule has 0 aliphatic carbocycles. The van der Waals surface area contributed by atoms with Gasteiger partial charge in [-0.15, -0.1) is 0 Å². The predicted molar refractivity (Wildman–Crippen MR) is 161 cm³/mol. The smallest absolute Gasteiger partial charge is 0.276 e. The second-order valence-corrected chi connectivity index (χ2v) is 10.6. The van der Waals surface area contributed by atoms with Crippen molar-refractivity contribution in [3.05, 3.63) is 141 Å². The quantitative estimate of drug-likeness (QED) is 0.230. The van der Waals surface area contributed by atoms with Crippen molar-refractivity contribution in [2.75, 3.05) is 7.11 Å². The van der Waals surface area contributed by atoms with Gasteiger partial charge in [-0.2, -0.15) is 5.10 Å². The number of aromatic nitrogens is 1. The van der Waals surface area contributed by atoms with E-state index in [2.05, 4.69) is 20.9 Å². The number of carbonyl (C=O) groups excluding carboxylic acids is 1. The summed E-state index contributed by atoms with van der Waals surface area (Å²) >= 11 is 3.59. The minimum Gasteiger partial charge on any atom is -0.367 e. The van der Waals surface area contributed by atoms with Crippen molar-refractivity contribution < 1.29 is 9.53 Å². The molecule has 1 aromatic heterocycles. The van der Waals surface area contributed by atoms with Gasteiger partial charge >= 0.3 is 0 Å². The first-order valence-corrected chi connectivity index (χ1v) is 13.8. The van der Waals surface area contributed by atoms with Gasteiger partial charge in [-0.05, 0) is 34.9 Å². The minimum absolute atomic E-state index is 0.250. The number of rotatable bonds is 6. The van der Waals surface area contributed by atoms with Crippen LogP contribution in [0.2, 0.25) is 0 Å². The Morgan fingerprint density at radius 2 is 1.57 bits per heavy atom. The molecule has 6 rings (SSSR count). The third-order valence-corrected chi connectivity index (χ3v) is 7.70. The molecule has 1 N–H and O–H groups in total. The highest BCUT2D eigenvalue weighted by molar-refractivity contribution is 9.10. The highest BCUT2D eigenvalue weighted by Gasteiger charge is 2.38. The highest BCUT2D eigenvalue weighted by Crippen LogP contribution is 2.38. The standard InChI is InChI=1S/C33H26BrN3O3/c1-40-31(23-15-9-4-10-16-23)33(39)37-28(21-11-5-2-6-12-21)20-27(36-37)30-29(22-13-7-3-8-14-22)25-19-24(34)17-18-26(25)35-32(30)38/h2-19,28,31H,20H2,1H3,(H,35,38)/t28-,31-/m0/s1. The van der Waals surface area contributed by atoms with Gasteiger partial charge in [0.2, 0.25) is 0 Å². The van der Waals surface area contributed by atoms with Crippen LogP contribution in [0, 0.1) is 0 Å². The molecule has 4 aromatic carbocycles. The van der Waals surface area contributed by atoms with Gasteiger partial charge in [0.15, 0.2) is 6.10 Å². The molecule has 0 fully saturated rings. The van der Waals surface area contributed by atoms with Gasteiger partial charge in [-0.3, -0.25) is 9.59 Å². The van der Waals surface area contributed by atoms with Gasteiger partial charge in [-0.25, -0.2) is 5.01 Å². The topological polar surface area (TPSA) is 74.8 Å². The molecule has 1 amide bonds. The van der Waals surface area contributed by atoms with E-state index in [1.54, 1.807) is 0 Å². The summed E-state index contributed by atoms with van der Waals surface area (Å²) in [5.74, 6) is -0.293. The molecule has 0 saturated carbocycles. The van der Waals surface area contributed by atoms with Crippen molar-refractivity contribution in [2.24, 2.45) is 5.10 Å². The predicted octanol–water partition coefficient (Wildman–Crippen LogP) is 7.02. The fourth-order valence-electron chi connectivity index (χ4n) is 5.37. The average molecular weight is 592 g/mol. The maximum Gasteiger partial charge on any atom is 0.276 e. The Kier molecular flexibility index (Phi) is 7.15. The van der Waals surface area contributed by atoms with E-state index < -0.39 is 12.1 Å². The Balaban J connectivity index is 1.55. The fraction of sp³-hybridized carbons (Fsp3) is 0.121. The van der Waals surface area contributed by atoms with Crippen LogP contribution >= 0.6 is 15.9 Å². The van der Waals surface area contributed by atoms with Gasteiger partial charge in [0.05, 0.1) is 17.3 Å². The lowest BCUT2D eigenvalue weighted by Crippen LogP contribution is -2.32. The number of carbonyl (C=O) groups is 1. The van der Waals surface area contributed by atoms with E-state index in [0.717, 1.165) is 37.6 Å². The number of amides is 1. The van der Waals surface area contributed by atoms with Crippen LogP contribution in [0.25, 0.3) is 22.0 Å². The van der Waals surface area contributed by atoms with Gasteiger partial charge in [0.1, 0.15) is 0 Å². The van der Waals surface area contributed by atoms with E-state index in [4.69, 9.17) is 9.84 Å². The Labute approximate surface area is 240 Å². The van der Waals surface area contributed by atoms with Crippen molar-refractivity contribution in [3.8, 4) is 11.1 Å². The van der Waals surface area contributed by atoms with Crippen LogP contribution in [0.1, 0.15) is 35.3 Å². The first-order valence-electron chi connectivity index (χ1n) is 13.0. The lowest BCUT2D eigenvalue weighted by Gasteiger charge is -2.26. The number of pyridine rings is 1. The second kappa shape index (κ2) is 11.0. The molecule has 40 heavy (non-hydrogen) atoms. The number of methoxy groups -OCH3 is 1. The summed E-state index contributed by atoms with van der Waals surface area (Å²) in [5.41, 5.74) is 4.84. The van der Waals surface area contributed by atoms with Crippen LogP contribution in [-0.2, 0) is 9.53 Å². The number of hydrogen-bond acceptors (Lipinski definition) is 4. The van der Waals surface area contributed by atoms with Crippen molar-refractivity contribution in [1.29, 1.82) is 0 Å². The summed E-state index contributed by atoms with van der Waals surface area (Å²) in [5, 5.41) is 7.25. The normalized spacial score (nSPS) is 15.7. The first kappa shape index (κ1) is 25.9.